The lowest BCUT2D eigenvalue weighted by Crippen LogP contribution is -2.33. The third kappa shape index (κ3) is 4.90. The molecule has 1 aromatic rings. The van der Waals surface area contributed by atoms with Crippen LogP contribution in [0, 0.1) is 6.92 Å². The van der Waals surface area contributed by atoms with Crippen molar-refractivity contribution in [1.29, 1.82) is 0 Å². The Morgan fingerprint density at radius 1 is 1.11 bits per heavy atom. The normalized spacial score (nSPS) is 17.3. The van der Waals surface area contributed by atoms with E-state index in [9.17, 15) is 4.79 Å². The van der Waals surface area contributed by atoms with Gasteiger partial charge < -0.3 is 5.32 Å². The number of hydrogen-bond acceptors (Lipinski definition) is 1. The van der Waals surface area contributed by atoms with Crippen molar-refractivity contribution in [3.05, 3.63) is 41.5 Å². The monoisotopic (exact) mass is 257 g/mol. The second kappa shape index (κ2) is 7.13. The molecule has 0 radical (unpaired) electrons. The molecule has 1 saturated carbocycles. The number of carbonyl (C=O) groups is 1. The van der Waals surface area contributed by atoms with Crippen LogP contribution in [0.5, 0.6) is 0 Å². The van der Waals surface area contributed by atoms with Crippen LogP contribution in [0.2, 0.25) is 0 Å². The molecule has 0 aromatic heterocycles. The SMILES string of the molecule is Cc1ccc(/C=C/C(=O)NC2CCCCCC2)cc1. The Labute approximate surface area is 115 Å². The van der Waals surface area contributed by atoms with Crippen LogP contribution in [-0.2, 0) is 4.79 Å². The van der Waals surface area contributed by atoms with Crippen molar-refractivity contribution in [2.75, 3.05) is 0 Å². The van der Waals surface area contributed by atoms with Gasteiger partial charge in [0.15, 0.2) is 0 Å². The second-order valence-electron chi connectivity index (χ2n) is 5.44. The predicted octanol–water partition coefficient (Wildman–Crippen LogP) is 3.85. The van der Waals surface area contributed by atoms with Gasteiger partial charge in [-0.15, -0.1) is 0 Å². The van der Waals surface area contributed by atoms with E-state index in [4.69, 9.17) is 0 Å². The van der Waals surface area contributed by atoms with Gasteiger partial charge in [-0.2, -0.15) is 0 Å². The minimum Gasteiger partial charge on any atom is -0.350 e. The number of hydrogen-bond donors (Lipinski definition) is 1. The van der Waals surface area contributed by atoms with E-state index in [1.165, 1.54) is 31.2 Å². The largest absolute Gasteiger partial charge is 0.350 e. The summed E-state index contributed by atoms with van der Waals surface area (Å²) >= 11 is 0. The Morgan fingerprint density at radius 3 is 2.37 bits per heavy atom. The molecule has 1 fully saturated rings. The van der Waals surface area contributed by atoms with E-state index in [0.29, 0.717) is 6.04 Å². The van der Waals surface area contributed by atoms with E-state index in [2.05, 4.69) is 24.4 Å². The smallest absolute Gasteiger partial charge is 0.244 e. The van der Waals surface area contributed by atoms with Crippen molar-refractivity contribution in [2.45, 2.75) is 51.5 Å². The van der Waals surface area contributed by atoms with Gasteiger partial charge >= 0.3 is 0 Å². The highest BCUT2D eigenvalue weighted by Crippen LogP contribution is 2.17. The van der Waals surface area contributed by atoms with Gasteiger partial charge in [-0.25, -0.2) is 0 Å². The summed E-state index contributed by atoms with van der Waals surface area (Å²) in [6.07, 6.45) is 10.9. The summed E-state index contributed by atoms with van der Waals surface area (Å²) in [6.45, 7) is 2.06. The summed E-state index contributed by atoms with van der Waals surface area (Å²) in [5.74, 6) is 0.0347. The zero-order valence-corrected chi connectivity index (χ0v) is 11.7. The van der Waals surface area contributed by atoms with Gasteiger partial charge in [0.2, 0.25) is 5.91 Å². The number of aryl methyl sites for hydroxylation is 1. The predicted molar refractivity (Wildman–Crippen MR) is 79.8 cm³/mol. The molecule has 19 heavy (non-hydrogen) atoms. The molecule has 1 N–H and O–H groups in total. The summed E-state index contributed by atoms with van der Waals surface area (Å²) < 4.78 is 0. The van der Waals surface area contributed by atoms with Gasteiger partial charge in [0.25, 0.3) is 0 Å². The molecule has 0 spiro atoms. The summed E-state index contributed by atoms with van der Waals surface area (Å²) in [6, 6.07) is 8.55. The summed E-state index contributed by atoms with van der Waals surface area (Å²) in [7, 11) is 0. The molecule has 0 atom stereocenters. The lowest BCUT2D eigenvalue weighted by molar-refractivity contribution is -0.117. The van der Waals surface area contributed by atoms with Crippen molar-refractivity contribution < 1.29 is 4.79 Å². The molecule has 1 aliphatic rings. The first-order valence-corrected chi connectivity index (χ1v) is 7.29. The molecule has 0 bridgehead atoms. The highest BCUT2D eigenvalue weighted by molar-refractivity contribution is 5.91. The Hall–Kier alpha value is -1.57. The number of rotatable bonds is 3. The molecule has 102 valence electrons. The topological polar surface area (TPSA) is 29.1 Å². The molecular formula is C17H23NO. The van der Waals surface area contributed by atoms with Crippen LogP contribution in [0.15, 0.2) is 30.3 Å². The number of benzene rings is 1. The maximum atomic E-state index is 11.9. The Balaban J connectivity index is 1.84. The third-order valence-electron chi connectivity index (χ3n) is 3.71. The molecule has 1 aliphatic carbocycles. The maximum absolute atomic E-state index is 11.9. The Kier molecular flexibility index (Phi) is 5.20. The highest BCUT2D eigenvalue weighted by atomic mass is 16.1. The van der Waals surface area contributed by atoms with Crippen LogP contribution in [0.1, 0.15) is 49.7 Å². The van der Waals surface area contributed by atoms with Gasteiger partial charge in [0.05, 0.1) is 0 Å². The highest BCUT2D eigenvalue weighted by Gasteiger charge is 2.12. The molecule has 2 rings (SSSR count). The lowest BCUT2D eigenvalue weighted by Gasteiger charge is -2.14. The van der Waals surface area contributed by atoms with Crippen LogP contribution in [0.4, 0.5) is 0 Å². The van der Waals surface area contributed by atoms with Crippen LogP contribution in [-0.4, -0.2) is 11.9 Å². The van der Waals surface area contributed by atoms with Crippen molar-refractivity contribution >= 4 is 12.0 Å². The van der Waals surface area contributed by atoms with E-state index in [-0.39, 0.29) is 5.91 Å². The summed E-state index contributed by atoms with van der Waals surface area (Å²) in [5.41, 5.74) is 2.31. The third-order valence-corrected chi connectivity index (χ3v) is 3.71. The van der Waals surface area contributed by atoms with Crippen molar-refractivity contribution in [3.63, 3.8) is 0 Å². The molecule has 0 heterocycles. The fourth-order valence-electron chi connectivity index (χ4n) is 2.52. The molecule has 2 nitrogen and oxygen atoms in total. The van der Waals surface area contributed by atoms with Crippen LogP contribution >= 0.6 is 0 Å². The molecule has 2 heteroatoms. The van der Waals surface area contributed by atoms with Gasteiger partial charge in [-0.1, -0.05) is 55.5 Å². The van der Waals surface area contributed by atoms with E-state index in [1.807, 2.05) is 18.2 Å². The zero-order chi connectivity index (χ0) is 13.5. The van der Waals surface area contributed by atoms with Crippen LogP contribution in [0.25, 0.3) is 6.08 Å². The molecule has 0 saturated heterocycles. The van der Waals surface area contributed by atoms with E-state index >= 15 is 0 Å². The first-order valence-electron chi connectivity index (χ1n) is 7.29. The van der Waals surface area contributed by atoms with Crippen molar-refractivity contribution in [2.24, 2.45) is 0 Å². The van der Waals surface area contributed by atoms with Gasteiger partial charge in [-0.3, -0.25) is 4.79 Å². The van der Waals surface area contributed by atoms with Gasteiger partial charge in [0, 0.05) is 12.1 Å². The van der Waals surface area contributed by atoms with Crippen molar-refractivity contribution in [3.8, 4) is 0 Å². The Morgan fingerprint density at radius 2 is 1.74 bits per heavy atom. The zero-order valence-electron chi connectivity index (χ0n) is 11.7. The minimum absolute atomic E-state index is 0.0347. The minimum atomic E-state index is 0.0347. The summed E-state index contributed by atoms with van der Waals surface area (Å²) in [5, 5.41) is 3.11. The average Bonchev–Trinajstić information content (AvgIpc) is 2.67. The molecule has 1 amide bonds. The fourth-order valence-corrected chi connectivity index (χ4v) is 2.52. The second-order valence-corrected chi connectivity index (χ2v) is 5.44. The average molecular weight is 257 g/mol. The number of carbonyl (C=O) groups excluding carboxylic acids is 1. The van der Waals surface area contributed by atoms with E-state index in [1.54, 1.807) is 6.08 Å². The maximum Gasteiger partial charge on any atom is 0.244 e. The van der Waals surface area contributed by atoms with E-state index in [0.717, 1.165) is 18.4 Å². The standard InChI is InChI=1S/C17H23NO/c1-14-8-10-15(11-9-14)12-13-17(19)18-16-6-4-2-3-5-7-16/h8-13,16H,2-7H2,1H3,(H,18,19)/b13-12+. The fraction of sp³-hybridized carbons (Fsp3) is 0.471. The Bertz CT molecular complexity index is 425. The quantitative estimate of drug-likeness (QED) is 0.647. The lowest BCUT2D eigenvalue weighted by atomic mass is 10.1. The molecular weight excluding hydrogens is 234 g/mol. The van der Waals surface area contributed by atoms with Crippen LogP contribution in [0.3, 0.4) is 0 Å². The molecule has 1 aromatic carbocycles. The first kappa shape index (κ1) is 13.9. The first-order chi connectivity index (χ1) is 9.24. The van der Waals surface area contributed by atoms with Gasteiger partial charge in [0.1, 0.15) is 0 Å². The van der Waals surface area contributed by atoms with Crippen LogP contribution < -0.4 is 5.32 Å². The number of nitrogens with one attached hydrogen (secondary N) is 1. The van der Waals surface area contributed by atoms with E-state index < -0.39 is 0 Å². The number of amides is 1. The summed E-state index contributed by atoms with van der Waals surface area (Å²) in [4.78, 5) is 11.9. The van der Waals surface area contributed by atoms with Crippen molar-refractivity contribution in [1.82, 2.24) is 5.32 Å². The van der Waals surface area contributed by atoms with Gasteiger partial charge in [-0.05, 0) is 31.4 Å². The molecule has 0 unspecified atom stereocenters. The molecule has 0 aliphatic heterocycles.